The van der Waals surface area contributed by atoms with Crippen molar-refractivity contribution in [3.63, 3.8) is 0 Å². The van der Waals surface area contributed by atoms with Gasteiger partial charge in [-0.15, -0.1) is 0 Å². The van der Waals surface area contributed by atoms with Gasteiger partial charge in [0.1, 0.15) is 56.3 Å². The fourth-order valence-corrected chi connectivity index (χ4v) is 11.4. The van der Waals surface area contributed by atoms with E-state index >= 15 is 0 Å². The molecule has 1 aliphatic heterocycles. The van der Waals surface area contributed by atoms with Gasteiger partial charge in [-0.1, -0.05) is 195 Å². The number of unbranched alkanes of at least 4 members (excludes halogenated alkanes) is 25. The van der Waals surface area contributed by atoms with Crippen molar-refractivity contribution in [1.29, 1.82) is 0 Å². The molecule has 0 saturated heterocycles. The summed E-state index contributed by atoms with van der Waals surface area (Å²) >= 11 is 0. The summed E-state index contributed by atoms with van der Waals surface area (Å²) in [6.07, 6.45) is 41.7. The van der Waals surface area contributed by atoms with Crippen LogP contribution in [0.4, 0.5) is 28.4 Å². The Labute approximate surface area is 530 Å². The average molecular weight is 1240 g/mol. The molecular weight excluding hydrogens is 1140 g/mol. The molecule has 0 fully saturated rings. The van der Waals surface area contributed by atoms with Crippen molar-refractivity contribution in [2.24, 2.45) is 0 Å². The molecule has 6 heterocycles. The van der Waals surface area contributed by atoms with E-state index in [0.717, 1.165) is 161 Å². The van der Waals surface area contributed by atoms with Crippen LogP contribution in [0.1, 0.15) is 279 Å². The number of nitrogens with one attached hydrogen (secondary N) is 5. The van der Waals surface area contributed by atoms with Gasteiger partial charge in [-0.25, -0.2) is 0 Å². The first-order valence-electron chi connectivity index (χ1n) is 33.9. The van der Waals surface area contributed by atoms with Crippen LogP contribution >= 0.6 is 0 Å². The number of nitrogens with zero attached hydrogens (tertiary/aromatic N) is 5. The minimum atomic E-state index is -1.02. The number of hydrogen-bond acceptors (Lipinski definition) is 10. The minimum absolute atomic E-state index is 0.327. The number of fused-ring (bicyclic) bond motifs is 10. The van der Waals surface area contributed by atoms with E-state index in [4.69, 9.17) is 0 Å². The maximum absolute atomic E-state index is 14.7. The molecular formula is C70H100N10O10. The van der Waals surface area contributed by atoms with Gasteiger partial charge in [0, 0.05) is 94.7 Å². The molecule has 0 spiro atoms. The van der Waals surface area contributed by atoms with Crippen molar-refractivity contribution >= 4 is 58.0 Å². The first-order chi connectivity index (χ1) is 43.6. The van der Waals surface area contributed by atoms with E-state index in [1.165, 1.54) is 62.0 Å². The van der Waals surface area contributed by atoms with E-state index in [1.54, 1.807) is 22.8 Å². The normalized spacial score (nSPS) is 12.8. The van der Waals surface area contributed by atoms with Gasteiger partial charge in [-0.2, -0.15) is 0 Å². The molecule has 0 radical (unpaired) electrons. The van der Waals surface area contributed by atoms with Gasteiger partial charge in [0.05, 0.1) is 0 Å². The number of amides is 5. The molecule has 0 aromatic carbocycles. The van der Waals surface area contributed by atoms with E-state index < -0.39 is 84.5 Å². The van der Waals surface area contributed by atoms with Gasteiger partial charge in [0.25, 0.3) is 29.5 Å². The monoisotopic (exact) mass is 1240 g/mol. The molecule has 0 saturated carbocycles. The van der Waals surface area contributed by atoms with E-state index in [1.807, 2.05) is 0 Å². The Balaban J connectivity index is 1.56. The zero-order valence-electron chi connectivity index (χ0n) is 54.3. The van der Waals surface area contributed by atoms with Crippen LogP contribution in [0.15, 0.2) is 85.9 Å². The van der Waals surface area contributed by atoms with Crippen LogP contribution in [0, 0.1) is 0 Å². The van der Waals surface area contributed by atoms with Gasteiger partial charge in [-0.3, -0.25) is 47.9 Å². The second-order valence-electron chi connectivity index (χ2n) is 24.4. The lowest BCUT2D eigenvalue weighted by atomic mass is 10.1. The van der Waals surface area contributed by atoms with Crippen LogP contribution in [0.2, 0.25) is 0 Å². The van der Waals surface area contributed by atoms with Gasteiger partial charge >= 0.3 is 0 Å². The molecule has 20 nitrogen and oxygen atoms in total. The van der Waals surface area contributed by atoms with Crippen LogP contribution in [0.5, 0.6) is 0 Å². The Hall–Kier alpha value is -7.90. The minimum Gasteiger partial charge on any atom is -0.351 e. The van der Waals surface area contributed by atoms with Crippen molar-refractivity contribution < 1.29 is 24.0 Å². The summed E-state index contributed by atoms with van der Waals surface area (Å²) in [4.78, 5) is 147. The number of anilines is 5. The third-order valence-corrected chi connectivity index (χ3v) is 16.7. The summed E-state index contributed by atoms with van der Waals surface area (Å²) in [5.41, 5.74) is -8.62. The van der Waals surface area contributed by atoms with Crippen molar-refractivity contribution in [3.05, 3.63) is 141 Å². The van der Waals surface area contributed by atoms with E-state index in [9.17, 15) is 47.9 Å². The standard InChI is InChI=1S/C70H100N10O10/c1-6-11-16-21-26-31-36-76-41-51-61(81)56(46-76)71-67(87)52-42-77(37-32-27-22-17-12-7-2)48-58(62(52)82)73-69(89)54-44-79(39-34-29-24-19-14-9-4)50-60(64(54)84)75-70(90)55-45-80(40-35-30-25-20-15-10-5)49-59(65(55)85)74-68(88)53-43-78(38-33-28-23-18-13-8-3)47-57(63(53)83)72-66(51)86/h41-50H,6-40H2,1-5H3,(H,71,87)(H,72,86)(H,73,89)(H,74,88)(H,75,90). The first kappa shape index (κ1) is 71.2. The number of hydrogen-bond donors (Lipinski definition) is 5. The Morgan fingerprint density at radius 1 is 0.211 bits per heavy atom. The highest BCUT2D eigenvalue weighted by Crippen LogP contribution is 2.19. The molecule has 490 valence electrons. The highest BCUT2D eigenvalue weighted by molar-refractivity contribution is 6.11. The zero-order valence-corrected chi connectivity index (χ0v) is 54.3. The van der Waals surface area contributed by atoms with Gasteiger partial charge in [-0.05, 0) is 32.1 Å². The molecule has 5 aromatic rings. The smallest absolute Gasteiger partial charge is 0.261 e. The van der Waals surface area contributed by atoms with Crippen LogP contribution in [-0.4, -0.2) is 52.4 Å². The van der Waals surface area contributed by atoms with Crippen LogP contribution in [0.25, 0.3) is 0 Å². The average Bonchev–Trinajstić information content (AvgIpc) is 1.85. The van der Waals surface area contributed by atoms with E-state index in [-0.39, 0.29) is 28.4 Å². The van der Waals surface area contributed by atoms with Crippen LogP contribution in [0.3, 0.4) is 0 Å². The lowest BCUT2D eigenvalue weighted by Gasteiger charge is -2.16. The summed E-state index contributed by atoms with van der Waals surface area (Å²) < 4.78 is 8.02. The van der Waals surface area contributed by atoms with Gasteiger partial charge in [0.2, 0.25) is 27.1 Å². The zero-order chi connectivity index (χ0) is 64.8. The third-order valence-electron chi connectivity index (χ3n) is 16.7. The Bertz CT molecular complexity index is 2990. The second-order valence-corrected chi connectivity index (χ2v) is 24.4. The molecule has 5 amide bonds. The maximum atomic E-state index is 14.7. The third kappa shape index (κ3) is 21.7. The number of pyridine rings is 5. The predicted molar refractivity (Wildman–Crippen MR) is 360 cm³/mol. The molecule has 5 aromatic heterocycles. The summed E-state index contributed by atoms with van der Waals surface area (Å²) in [6.45, 7) is 12.3. The number of aryl methyl sites for hydroxylation is 5. The summed E-state index contributed by atoms with van der Waals surface area (Å²) in [5, 5.41) is 13.1. The van der Waals surface area contributed by atoms with E-state index in [2.05, 4.69) is 61.2 Å². The summed E-state index contributed by atoms with van der Waals surface area (Å²) in [7, 11) is 0. The van der Waals surface area contributed by atoms with Crippen molar-refractivity contribution in [2.45, 2.75) is 260 Å². The van der Waals surface area contributed by atoms with Gasteiger partial charge in [0.15, 0.2) is 0 Å². The Kier molecular flexibility index (Phi) is 30.0. The van der Waals surface area contributed by atoms with Crippen molar-refractivity contribution in [3.8, 4) is 0 Å². The fourth-order valence-electron chi connectivity index (χ4n) is 11.4. The first-order valence-corrected chi connectivity index (χ1v) is 33.9. The fraction of sp³-hybridized carbons (Fsp3) is 0.571. The quantitative estimate of drug-likeness (QED) is 0.0240. The molecule has 6 rings (SSSR count). The molecule has 0 unspecified atom stereocenters. The van der Waals surface area contributed by atoms with Crippen LogP contribution in [-0.2, 0) is 32.7 Å². The van der Waals surface area contributed by atoms with Gasteiger partial charge < -0.3 is 49.4 Å². The highest BCUT2D eigenvalue weighted by Gasteiger charge is 2.27. The lowest BCUT2D eigenvalue weighted by Crippen LogP contribution is -2.32. The summed E-state index contributed by atoms with van der Waals surface area (Å²) in [6, 6.07) is 0. The number of carbonyl (C=O) groups is 5. The molecule has 90 heavy (non-hydrogen) atoms. The van der Waals surface area contributed by atoms with E-state index in [0.29, 0.717) is 64.8 Å². The van der Waals surface area contributed by atoms with Crippen LogP contribution < -0.4 is 53.7 Å². The largest absolute Gasteiger partial charge is 0.351 e. The van der Waals surface area contributed by atoms with Crippen molar-refractivity contribution in [2.75, 3.05) is 26.6 Å². The molecule has 5 N–H and O–H groups in total. The topological polar surface area (TPSA) is 255 Å². The number of rotatable bonds is 35. The Morgan fingerprint density at radius 2 is 0.356 bits per heavy atom. The molecule has 1 aliphatic rings. The Morgan fingerprint density at radius 3 is 0.511 bits per heavy atom. The summed E-state index contributed by atoms with van der Waals surface area (Å²) in [5.74, 6) is -5.09. The number of carbonyl (C=O) groups excluding carboxylic acids is 5. The van der Waals surface area contributed by atoms with Crippen molar-refractivity contribution in [1.82, 2.24) is 22.8 Å². The maximum Gasteiger partial charge on any atom is 0.261 e. The number of aromatic nitrogens is 5. The lowest BCUT2D eigenvalue weighted by molar-refractivity contribution is 0.101. The SMILES string of the molecule is CCCCCCCCn1cc2c(=O)c(c1)C(=O)Nc1cn(CCCCCCCC)cc(c1=O)C(=O)Nc1cn(CCCCCCCC)cc(c1=O)C(=O)Nc1cn(CCCCCCCC)cc(c1=O)C(=O)Nc1cn(CCCCCCCC)cc(c1=O)C(=O)N2. The molecule has 20 heteroatoms. The molecule has 0 atom stereocenters. The second kappa shape index (κ2) is 37.9. The highest BCUT2D eigenvalue weighted by atomic mass is 16.2. The predicted octanol–water partition coefficient (Wildman–Crippen LogP) is 13.9. The molecule has 0 aliphatic carbocycles. The molecule has 10 bridgehead atoms.